The van der Waals surface area contributed by atoms with E-state index in [1.807, 2.05) is 19.0 Å². The molecule has 0 unspecified atom stereocenters. The summed E-state index contributed by atoms with van der Waals surface area (Å²) in [6.07, 6.45) is 3.73. The summed E-state index contributed by atoms with van der Waals surface area (Å²) in [5.74, 6) is 0. The molecule has 0 spiro atoms. The van der Waals surface area contributed by atoms with Gasteiger partial charge >= 0.3 is 0 Å². The fourth-order valence-corrected chi connectivity index (χ4v) is 3.04. The van der Waals surface area contributed by atoms with E-state index < -0.39 is 10.0 Å². The maximum atomic E-state index is 12.4. The number of anilines is 1. The van der Waals surface area contributed by atoms with Crippen LogP contribution in [0, 0.1) is 0 Å². The zero-order chi connectivity index (χ0) is 14.5. The highest BCUT2D eigenvalue weighted by atomic mass is 32.2. The van der Waals surface area contributed by atoms with E-state index in [0.29, 0.717) is 12.2 Å². The van der Waals surface area contributed by atoms with Gasteiger partial charge in [-0.2, -0.15) is 0 Å². The van der Waals surface area contributed by atoms with Gasteiger partial charge in [-0.3, -0.25) is 4.98 Å². The van der Waals surface area contributed by atoms with Gasteiger partial charge in [0.05, 0.1) is 5.69 Å². The van der Waals surface area contributed by atoms with E-state index in [1.54, 1.807) is 26.4 Å². The third kappa shape index (κ3) is 4.15. The standard InChI is InChI=1S/C12H22N4O2S/c1-13-11-6-7-14-10-12(11)19(17,18)16(4)9-5-8-15(2)3/h6-7,10H,5,8-9H2,1-4H3,(H,13,14). The van der Waals surface area contributed by atoms with Gasteiger partial charge in [-0.05, 0) is 33.1 Å². The summed E-state index contributed by atoms with van der Waals surface area (Å²) in [4.78, 5) is 6.14. The SMILES string of the molecule is CNc1ccncc1S(=O)(=O)N(C)CCCN(C)C. The van der Waals surface area contributed by atoms with Crippen LogP contribution in [0.3, 0.4) is 0 Å². The van der Waals surface area contributed by atoms with Crippen molar-refractivity contribution in [2.75, 3.05) is 46.6 Å². The van der Waals surface area contributed by atoms with Gasteiger partial charge < -0.3 is 10.2 Å². The number of hydrogen-bond donors (Lipinski definition) is 1. The molecule has 0 aliphatic heterocycles. The molecule has 19 heavy (non-hydrogen) atoms. The second-order valence-corrected chi connectivity index (χ2v) is 6.62. The van der Waals surface area contributed by atoms with E-state index in [-0.39, 0.29) is 4.90 Å². The van der Waals surface area contributed by atoms with Gasteiger partial charge in [0.2, 0.25) is 10.0 Å². The Hall–Kier alpha value is -1.18. The molecule has 0 aliphatic carbocycles. The molecule has 0 amide bonds. The summed E-state index contributed by atoms with van der Waals surface area (Å²) in [6.45, 7) is 1.34. The number of rotatable bonds is 7. The second-order valence-electron chi connectivity index (χ2n) is 4.61. The topological polar surface area (TPSA) is 65.5 Å². The average Bonchev–Trinajstić information content (AvgIpc) is 2.38. The van der Waals surface area contributed by atoms with Crippen molar-refractivity contribution in [1.29, 1.82) is 0 Å². The Bertz CT molecular complexity index is 502. The van der Waals surface area contributed by atoms with E-state index in [4.69, 9.17) is 0 Å². The van der Waals surface area contributed by atoms with Crippen LogP contribution in [0.4, 0.5) is 5.69 Å². The normalized spacial score (nSPS) is 12.1. The predicted molar refractivity (Wildman–Crippen MR) is 76.8 cm³/mol. The number of nitrogens with one attached hydrogen (secondary N) is 1. The van der Waals surface area contributed by atoms with Crippen molar-refractivity contribution in [3.8, 4) is 0 Å². The van der Waals surface area contributed by atoms with E-state index in [0.717, 1.165) is 13.0 Å². The summed E-state index contributed by atoms with van der Waals surface area (Å²) >= 11 is 0. The van der Waals surface area contributed by atoms with Crippen LogP contribution in [0.15, 0.2) is 23.4 Å². The van der Waals surface area contributed by atoms with Crippen LogP contribution in [-0.4, -0.2) is 63.9 Å². The maximum Gasteiger partial charge on any atom is 0.246 e. The van der Waals surface area contributed by atoms with Gasteiger partial charge in [-0.25, -0.2) is 12.7 Å². The van der Waals surface area contributed by atoms with Gasteiger partial charge in [0.25, 0.3) is 0 Å². The number of aromatic nitrogens is 1. The average molecular weight is 286 g/mol. The zero-order valence-electron chi connectivity index (χ0n) is 11.9. The molecular weight excluding hydrogens is 264 g/mol. The number of pyridine rings is 1. The molecule has 0 saturated carbocycles. The molecular formula is C12H22N4O2S. The van der Waals surface area contributed by atoms with Gasteiger partial charge in [-0.1, -0.05) is 0 Å². The van der Waals surface area contributed by atoms with Gasteiger partial charge in [0.15, 0.2) is 0 Å². The summed E-state index contributed by atoms with van der Waals surface area (Å²) in [5.41, 5.74) is 0.564. The molecule has 1 heterocycles. The zero-order valence-corrected chi connectivity index (χ0v) is 12.7. The third-order valence-corrected chi connectivity index (χ3v) is 4.70. The largest absolute Gasteiger partial charge is 0.387 e. The highest BCUT2D eigenvalue weighted by Crippen LogP contribution is 2.22. The molecule has 7 heteroatoms. The van der Waals surface area contributed by atoms with E-state index >= 15 is 0 Å². The summed E-state index contributed by atoms with van der Waals surface area (Å²) in [5, 5.41) is 2.88. The lowest BCUT2D eigenvalue weighted by Crippen LogP contribution is -2.30. The predicted octanol–water partition coefficient (Wildman–Crippen LogP) is 0.696. The number of nitrogens with zero attached hydrogens (tertiary/aromatic N) is 3. The quantitative estimate of drug-likeness (QED) is 0.799. The summed E-state index contributed by atoms with van der Waals surface area (Å²) in [7, 11) is 3.73. The fraction of sp³-hybridized carbons (Fsp3) is 0.583. The first-order valence-electron chi connectivity index (χ1n) is 6.12. The molecule has 108 valence electrons. The lowest BCUT2D eigenvalue weighted by molar-refractivity contribution is 0.370. The van der Waals surface area contributed by atoms with Crippen molar-refractivity contribution < 1.29 is 8.42 Å². The van der Waals surface area contributed by atoms with Crippen LogP contribution in [0.2, 0.25) is 0 Å². The molecule has 1 rings (SSSR count). The van der Waals surface area contributed by atoms with Gasteiger partial charge in [0.1, 0.15) is 4.90 Å². The fourth-order valence-electron chi connectivity index (χ4n) is 1.69. The smallest absolute Gasteiger partial charge is 0.246 e. The molecule has 0 saturated heterocycles. The summed E-state index contributed by atoms with van der Waals surface area (Å²) in [6, 6.07) is 1.65. The van der Waals surface area contributed by atoms with E-state index in [9.17, 15) is 8.42 Å². The minimum atomic E-state index is -3.49. The van der Waals surface area contributed by atoms with Crippen LogP contribution in [0.25, 0.3) is 0 Å². The molecule has 1 aromatic heterocycles. The Morgan fingerprint density at radius 1 is 1.26 bits per heavy atom. The molecule has 0 bridgehead atoms. The Labute approximate surface area is 115 Å². The molecule has 1 aromatic rings. The van der Waals surface area contributed by atoms with Crippen LogP contribution in [-0.2, 0) is 10.0 Å². The van der Waals surface area contributed by atoms with Gasteiger partial charge in [-0.15, -0.1) is 0 Å². The first kappa shape index (κ1) is 15.9. The van der Waals surface area contributed by atoms with Crippen molar-refractivity contribution >= 4 is 15.7 Å². The van der Waals surface area contributed by atoms with Gasteiger partial charge in [0, 0.05) is 33.0 Å². The molecule has 1 N–H and O–H groups in total. The molecule has 6 nitrogen and oxygen atoms in total. The molecule has 0 aliphatic rings. The molecule has 0 fully saturated rings. The lowest BCUT2D eigenvalue weighted by atomic mass is 10.4. The molecule has 0 aromatic carbocycles. The van der Waals surface area contributed by atoms with Crippen LogP contribution in [0.1, 0.15) is 6.42 Å². The molecule has 0 atom stereocenters. The van der Waals surface area contributed by atoms with Crippen molar-refractivity contribution in [1.82, 2.24) is 14.2 Å². The van der Waals surface area contributed by atoms with E-state index in [2.05, 4.69) is 10.3 Å². The highest BCUT2D eigenvalue weighted by Gasteiger charge is 2.23. The Morgan fingerprint density at radius 3 is 2.53 bits per heavy atom. The van der Waals surface area contributed by atoms with E-state index in [1.165, 1.54) is 10.5 Å². The van der Waals surface area contributed by atoms with Crippen molar-refractivity contribution in [3.05, 3.63) is 18.5 Å². The monoisotopic (exact) mass is 286 g/mol. The Balaban J connectivity index is 2.85. The maximum absolute atomic E-state index is 12.4. The Kier molecular flexibility index (Phi) is 5.71. The highest BCUT2D eigenvalue weighted by molar-refractivity contribution is 7.89. The number of sulfonamides is 1. The minimum absolute atomic E-state index is 0.213. The minimum Gasteiger partial charge on any atom is -0.387 e. The Morgan fingerprint density at radius 2 is 1.95 bits per heavy atom. The second kappa shape index (κ2) is 6.83. The van der Waals surface area contributed by atoms with Crippen molar-refractivity contribution in [3.63, 3.8) is 0 Å². The van der Waals surface area contributed by atoms with Crippen LogP contribution >= 0.6 is 0 Å². The first-order chi connectivity index (χ1) is 8.89. The third-order valence-electron chi connectivity index (χ3n) is 2.82. The lowest BCUT2D eigenvalue weighted by Gasteiger charge is -2.19. The van der Waals surface area contributed by atoms with Crippen LogP contribution in [0.5, 0.6) is 0 Å². The van der Waals surface area contributed by atoms with Crippen molar-refractivity contribution in [2.24, 2.45) is 0 Å². The molecule has 0 radical (unpaired) electrons. The van der Waals surface area contributed by atoms with Crippen LogP contribution < -0.4 is 5.32 Å². The first-order valence-corrected chi connectivity index (χ1v) is 7.56. The van der Waals surface area contributed by atoms with Crippen molar-refractivity contribution in [2.45, 2.75) is 11.3 Å². The summed E-state index contributed by atoms with van der Waals surface area (Å²) < 4.78 is 26.2. The number of hydrogen-bond acceptors (Lipinski definition) is 5.